The summed E-state index contributed by atoms with van der Waals surface area (Å²) in [5.41, 5.74) is 0. The average molecular weight is 410 g/mol. The van der Waals surface area contributed by atoms with Crippen LogP contribution in [0.2, 0.25) is 0 Å². The van der Waals surface area contributed by atoms with E-state index in [2.05, 4.69) is 15.5 Å². The zero-order valence-electron chi connectivity index (χ0n) is 17.7. The molecule has 29 heavy (non-hydrogen) atoms. The van der Waals surface area contributed by atoms with Crippen molar-refractivity contribution in [3.63, 3.8) is 0 Å². The van der Waals surface area contributed by atoms with Gasteiger partial charge in [-0.2, -0.15) is 0 Å². The Kier molecular flexibility index (Phi) is 10.6. The lowest BCUT2D eigenvalue weighted by molar-refractivity contribution is -0.143. The summed E-state index contributed by atoms with van der Waals surface area (Å²) < 4.78 is 16.2. The number of furan rings is 1. The zero-order valence-corrected chi connectivity index (χ0v) is 17.7. The Balaban J connectivity index is 1.63. The van der Waals surface area contributed by atoms with Gasteiger partial charge in [0.1, 0.15) is 11.5 Å². The molecule has 2 heterocycles. The Morgan fingerprint density at radius 1 is 1.14 bits per heavy atom. The van der Waals surface area contributed by atoms with Crippen molar-refractivity contribution in [3.8, 4) is 0 Å². The Morgan fingerprint density at radius 2 is 1.90 bits per heavy atom. The summed E-state index contributed by atoms with van der Waals surface area (Å²) in [6, 6.07) is 3.76. The van der Waals surface area contributed by atoms with Crippen molar-refractivity contribution in [2.45, 2.75) is 52.0 Å². The van der Waals surface area contributed by atoms with E-state index in [1.807, 2.05) is 26.0 Å². The predicted molar refractivity (Wildman–Crippen MR) is 110 cm³/mol. The SMILES string of the molecule is CCOC(=O)CCCCCCNC(=O)NCC(c1ccc(C)o1)N1CCOCC1. The zero-order chi connectivity index (χ0) is 20.9. The highest BCUT2D eigenvalue weighted by Gasteiger charge is 2.25. The van der Waals surface area contributed by atoms with Gasteiger partial charge in [-0.25, -0.2) is 4.79 Å². The number of morpholine rings is 1. The number of ether oxygens (including phenoxy) is 2. The molecule has 8 heteroatoms. The first-order valence-electron chi connectivity index (χ1n) is 10.7. The minimum absolute atomic E-state index is 0.00114. The van der Waals surface area contributed by atoms with Gasteiger partial charge in [-0.15, -0.1) is 0 Å². The van der Waals surface area contributed by atoms with Crippen LogP contribution in [0.4, 0.5) is 4.79 Å². The van der Waals surface area contributed by atoms with E-state index in [9.17, 15) is 9.59 Å². The van der Waals surface area contributed by atoms with Gasteiger partial charge in [0, 0.05) is 32.6 Å². The number of urea groups is 1. The molecule has 164 valence electrons. The van der Waals surface area contributed by atoms with Crippen LogP contribution in [0.15, 0.2) is 16.5 Å². The van der Waals surface area contributed by atoms with Gasteiger partial charge >= 0.3 is 12.0 Å². The minimum atomic E-state index is -0.168. The first-order chi connectivity index (χ1) is 14.1. The van der Waals surface area contributed by atoms with Gasteiger partial charge in [0.25, 0.3) is 0 Å². The molecular weight excluding hydrogens is 374 g/mol. The summed E-state index contributed by atoms with van der Waals surface area (Å²) in [6.07, 6.45) is 4.12. The molecule has 1 aromatic rings. The number of hydrogen-bond donors (Lipinski definition) is 2. The lowest BCUT2D eigenvalue weighted by Crippen LogP contribution is -2.45. The number of aryl methyl sites for hydroxylation is 1. The highest BCUT2D eigenvalue weighted by atomic mass is 16.5. The van der Waals surface area contributed by atoms with Crippen LogP contribution in [0.25, 0.3) is 0 Å². The second-order valence-electron chi connectivity index (χ2n) is 7.22. The van der Waals surface area contributed by atoms with E-state index in [0.29, 0.717) is 39.3 Å². The van der Waals surface area contributed by atoms with Gasteiger partial charge in [0.15, 0.2) is 0 Å². The van der Waals surface area contributed by atoms with E-state index in [-0.39, 0.29) is 18.0 Å². The van der Waals surface area contributed by atoms with E-state index < -0.39 is 0 Å². The average Bonchev–Trinajstić information content (AvgIpc) is 3.14. The Morgan fingerprint density at radius 3 is 2.59 bits per heavy atom. The van der Waals surface area contributed by atoms with Gasteiger partial charge in [-0.05, 0) is 38.8 Å². The fourth-order valence-corrected chi connectivity index (χ4v) is 3.37. The molecule has 1 aromatic heterocycles. The summed E-state index contributed by atoms with van der Waals surface area (Å²) in [7, 11) is 0. The summed E-state index contributed by atoms with van der Waals surface area (Å²) >= 11 is 0. The van der Waals surface area contributed by atoms with E-state index in [1.54, 1.807) is 0 Å². The van der Waals surface area contributed by atoms with Crippen LogP contribution in [-0.4, -0.2) is 62.9 Å². The van der Waals surface area contributed by atoms with E-state index in [0.717, 1.165) is 50.3 Å². The second kappa shape index (κ2) is 13.2. The van der Waals surface area contributed by atoms with Crippen LogP contribution >= 0.6 is 0 Å². The lowest BCUT2D eigenvalue weighted by atomic mass is 10.1. The molecule has 2 amide bonds. The molecule has 2 rings (SSSR count). The number of unbranched alkanes of at least 4 members (excludes halogenated alkanes) is 3. The van der Waals surface area contributed by atoms with Crippen LogP contribution < -0.4 is 10.6 Å². The van der Waals surface area contributed by atoms with Crippen LogP contribution in [0.3, 0.4) is 0 Å². The molecular formula is C21H35N3O5. The number of nitrogens with one attached hydrogen (secondary N) is 2. The Labute approximate surface area is 173 Å². The quantitative estimate of drug-likeness (QED) is 0.407. The maximum atomic E-state index is 12.2. The molecule has 0 aliphatic carbocycles. The summed E-state index contributed by atoms with van der Waals surface area (Å²) in [5.74, 6) is 1.60. The third kappa shape index (κ3) is 8.87. The predicted octanol–water partition coefficient (Wildman–Crippen LogP) is 2.77. The molecule has 0 aromatic carbocycles. The molecule has 1 unspecified atom stereocenters. The third-order valence-electron chi connectivity index (χ3n) is 4.93. The van der Waals surface area contributed by atoms with Gasteiger partial charge in [0.05, 0.1) is 25.9 Å². The molecule has 1 atom stereocenters. The van der Waals surface area contributed by atoms with Crippen molar-refractivity contribution in [3.05, 3.63) is 23.7 Å². The molecule has 1 fully saturated rings. The molecule has 1 saturated heterocycles. The van der Waals surface area contributed by atoms with E-state index >= 15 is 0 Å². The molecule has 1 aliphatic rings. The van der Waals surface area contributed by atoms with E-state index in [1.165, 1.54) is 0 Å². The number of amides is 2. The first-order valence-corrected chi connectivity index (χ1v) is 10.7. The molecule has 1 aliphatic heterocycles. The van der Waals surface area contributed by atoms with Crippen molar-refractivity contribution in [2.75, 3.05) is 46.0 Å². The lowest BCUT2D eigenvalue weighted by Gasteiger charge is -2.33. The summed E-state index contributed by atoms with van der Waals surface area (Å²) in [5, 5.41) is 5.87. The van der Waals surface area contributed by atoms with Crippen molar-refractivity contribution in [1.29, 1.82) is 0 Å². The van der Waals surface area contributed by atoms with Crippen LogP contribution in [-0.2, 0) is 14.3 Å². The standard InChI is InChI=1S/C21H35N3O5/c1-3-28-20(25)8-6-4-5-7-11-22-21(26)23-16-18(19-10-9-17(2)29-19)24-12-14-27-15-13-24/h9-10,18H,3-8,11-16H2,1-2H3,(H2,22,23,26). The van der Waals surface area contributed by atoms with Gasteiger partial charge in [0.2, 0.25) is 0 Å². The minimum Gasteiger partial charge on any atom is -0.466 e. The van der Waals surface area contributed by atoms with Crippen LogP contribution in [0.5, 0.6) is 0 Å². The van der Waals surface area contributed by atoms with Crippen molar-refractivity contribution in [1.82, 2.24) is 15.5 Å². The summed E-state index contributed by atoms with van der Waals surface area (Å²) in [6.45, 7) is 8.30. The van der Waals surface area contributed by atoms with Crippen molar-refractivity contribution in [2.24, 2.45) is 0 Å². The summed E-state index contributed by atoms with van der Waals surface area (Å²) in [4.78, 5) is 25.7. The maximum Gasteiger partial charge on any atom is 0.314 e. The van der Waals surface area contributed by atoms with E-state index in [4.69, 9.17) is 13.9 Å². The largest absolute Gasteiger partial charge is 0.466 e. The number of carbonyl (C=O) groups excluding carboxylic acids is 2. The topological polar surface area (TPSA) is 93.0 Å². The third-order valence-corrected chi connectivity index (χ3v) is 4.93. The molecule has 0 radical (unpaired) electrons. The number of rotatable bonds is 12. The Hall–Kier alpha value is -2.06. The molecule has 2 N–H and O–H groups in total. The number of esters is 1. The fourth-order valence-electron chi connectivity index (χ4n) is 3.37. The number of nitrogens with zero attached hydrogens (tertiary/aromatic N) is 1. The van der Waals surface area contributed by atoms with Gasteiger partial charge in [-0.3, -0.25) is 9.69 Å². The monoisotopic (exact) mass is 409 g/mol. The molecule has 0 bridgehead atoms. The maximum absolute atomic E-state index is 12.2. The van der Waals surface area contributed by atoms with Crippen molar-refractivity contribution < 1.29 is 23.5 Å². The van der Waals surface area contributed by atoms with Crippen molar-refractivity contribution >= 4 is 12.0 Å². The normalized spacial score (nSPS) is 15.7. The highest BCUT2D eigenvalue weighted by molar-refractivity contribution is 5.73. The van der Waals surface area contributed by atoms with Crippen LogP contribution in [0, 0.1) is 6.92 Å². The Bertz CT molecular complexity index is 613. The van der Waals surface area contributed by atoms with Gasteiger partial charge in [-0.1, -0.05) is 12.8 Å². The number of hydrogen-bond acceptors (Lipinski definition) is 6. The van der Waals surface area contributed by atoms with Crippen LogP contribution in [0.1, 0.15) is 56.6 Å². The number of carbonyl (C=O) groups is 2. The first kappa shape index (κ1) is 23.2. The van der Waals surface area contributed by atoms with Gasteiger partial charge < -0.3 is 24.5 Å². The highest BCUT2D eigenvalue weighted by Crippen LogP contribution is 2.23. The smallest absolute Gasteiger partial charge is 0.314 e. The molecule has 0 spiro atoms. The molecule has 8 nitrogen and oxygen atoms in total. The molecule has 0 saturated carbocycles. The second-order valence-corrected chi connectivity index (χ2v) is 7.22. The fraction of sp³-hybridized carbons (Fsp3) is 0.714.